The molecule has 0 aliphatic rings. The van der Waals surface area contributed by atoms with Crippen molar-refractivity contribution in [1.82, 2.24) is 19.8 Å². The number of hydrogen-bond donors (Lipinski definition) is 0. The molecule has 0 saturated carbocycles. The Labute approximate surface area is 108 Å². The summed E-state index contributed by atoms with van der Waals surface area (Å²) < 4.78 is 32.2. The van der Waals surface area contributed by atoms with Gasteiger partial charge >= 0.3 is 5.38 Å². The molecule has 0 fully saturated rings. The molecule has 0 saturated heterocycles. The van der Waals surface area contributed by atoms with Crippen LogP contribution in [0.3, 0.4) is 0 Å². The van der Waals surface area contributed by atoms with E-state index in [0.29, 0.717) is 10.8 Å². The largest absolute Gasteiger partial charge is 0.469 e. The molecule has 3 aromatic rings. The summed E-state index contributed by atoms with van der Waals surface area (Å²) in [6, 6.07) is 1.71. The van der Waals surface area contributed by atoms with Crippen molar-refractivity contribution in [3.05, 3.63) is 23.9 Å². The van der Waals surface area contributed by atoms with Gasteiger partial charge in [-0.1, -0.05) is 11.3 Å². The molecule has 0 spiro atoms. The van der Waals surface area contributed by atoms with Crippen molar-refractivity contribution >= 4 is 27.9 Å². The summed E-state index contributed by atoms with van der Waals surface area (Å²) in [6.07, 6.45) is 1.50. The van der Waals surface area contributed by atoms with E-state index in [-0.39, 0.29) is 4.96 Å². The molecule has 3 heterocycles. The van der Waals surface area contributed by atoms with Crippen LogP contribution in [0.15, 0.2) is 16.7 Å². The first-order chi connectivity index (χ1) is 8.47. The third kappa shape index (κ3) is 1.68. The summed E-state index contributed by atoms with van der Waals surface area (Å²) >= 11 is 6.07. The minimum Gasteiger partial charge on any atom is -0.469 e. The Hall–Kier alpha value is -1.54. The van der Waals surface area contributed by atoms with Crippen LogP contribution >= 0.6 is 22.9 Å². The molecule has 94 valence electrons. The average Bonchev–Trinajstić information content (AvgIpc) is 2.87. The zero-order valence-electron chi connectivity index (χ0n) is 8.89. The van der Waals surface area contributed by atoms with Crippen LogP contribution in [0.1, 0.15) is 11.6 Å². The minimum atomic E-state index is -3.60. The van der Waals surface area contributed by atoms with Gasteiger partial charge in [-0.05, 0) is 24.6 Å². The highest BCUT2D eigenvalue weighted by molar-refractivity contribution is 7.19. The summed E-state index contributed by atoms with van der Waals surface area (Å²) in [5.74, 6) is -0.0399. The lowest BCUT2D eigenvalue weighted by molar-refractivity contribution is 0.0821. The molecule has 0 radical (unpaired) electrons. The van der Waals surface area contributed by atoms with Crippen LogP contribution in [0, 0.1) is 6.92 Å². The predicted octanol–water partition coefficient (Wildman–Crippen LogP) is 3.04. The Kier molecular flexibility index (Phi) is 2.39. The van der Waals surface area contributed by atoms with Gasteiger partial charge < -0.3 is 4.42 Å². The lowest BCUT2D eigenvalue weighted by Gasteiger charge is -2.01. The Morgan fingerprint density at radius 1 is 1.44 bits per heavy atom. The molecule has 0 unspecified atom stereocenters. The van der Waals surface area contributed by atoms with Crippen LogP contribution in [0.25, 0.3) is 15.5 Å². The normalized spacial score (nSPS) is 12.4. The zero-order valence-corrected chi connectivity index (χ0v) is 10.5. The van der Waals surface area contributed by atoms with E-state index in [9.17, 15) is 8.78 Å². The number of fused-ring (bicyclic) bond motifs is 1. The van der Waals surface area contributed by atoms with Gasteiger partial charge in [-0.3, -0.25) is 0 Å². The van der Waals surface area contributed by atoms with Crippen LogP contribution in [-0.2, 0) is 5.38 Å². The predicted molar refractivity (Wildman–Crippen MR) is 60.8 cm³/mol. The second-order valence-corrected chi connectivity index (χ2v) is 4.94. The number of alkyl halides is 3. The molecule has 0 amide bonds. The Bertz CT molecular complexity index is 714. The summed E-state index contributed by atoms with van der Waals surface area (Å²) in [6.45, 7) is 1.76. The van der Waals surface area contributed by atoms with Gasteiger partial charge in [-0.25, -0.2) is 0 Å². The highest BCUT2D eigenvalue weighted by atomic mass is 35.5. The van der Waals surface area contributed by atoms with Crippen molar-refractivity contribution in [2.45, 2.75) is 12.3 Å². The Balaban J connectivity index is 2.19. The first kappa shape index (κ1) is 11.5. The number of furan rings is 1. The van der Waals surface area contributed by atoms with Crippen molar-refractivity contribution in [2.24, 2.45) is 0 Å². The molecule has 0 atom stereocenters. The quantitative estimate of drug-likeness (QED) is 0.681. The lowest BCUT2D eigenvalue weighted by atomic mass is 10.3. The van der Waals surface area contributed by atoms with Crippen molar-refractivity contribution < 1.29 is 13.2 Å². The molecule has 3 rings (SSSR count). The Morgan fingerprint density at radius 2 is 2.22 bits per heavy atom. The third-order valence-corrected chi connectivity index (χ3v) is 3.43. The summed E-state index contributed by atoms with van der Waals surface area (Å²) in [7, 11) is 0. The van der Waals surface area contributed by atoms with Gasteiger partial charge in [0.15, 0.2) is 5.01 Å². The maximum Gasteiger partial charge on any atom is 0.383 e. The number of hydrogen-bond acceptors (Lipinski definition) is 5. The van der Waals surface area contributed by atoms with E-state index in [0.717, 1.165) is 21.4 Å². The molecular weight excluding hydrogens is 286 g/mol. The third-order valence-electron chi connectivity index (χ3n) is 2.33. The highest BCUT2D eigenvalue weighted by Gasteiger charge is 2.35. The molecule has 18 heavy (non-hydrogen) atoms. The van der Waals surface area contributed by atoms with E-state index < -0.39 is 11.2 Å². The fourth-order valence-electron chi connectivity index (χ4n) is 1.51. The molecule has 0 N–H and O–H groups in total. The van der Waals surface area contributed by atoms with E-state index in [4.69, 9.17) is 16.0 Å². The molecule has 3 aromatic heterocycles. The Morgan fingerprint density at radius 3 is 2.83 bits per heavy atom. The van der Waals surface area contributed by atoms with Crippen LogP contribution in [0.5, 0.6) is 0 Å². The highest BCUT2D eigenvalue weighted by Crippen LogP contribution is 2.34. The molecule has 0 aliphatic heterocycles. The molecule has 9 heteroatoms. The number of rotatable bonds is 2. The smallest absolute Gasteiger partial charge is 0.383 e. The van der Waals surface area contributed by atoms with E-state index >= 15 is 0 Å². The van der Waals surface area contributed by atoms with Crippen LogP contribution in [0.2, 0.25) is 0 Å². The van der Waals surface area contributed by atoms with E-state index in [1.165, 1.54) is 6.26 Å². The molecule has 0 aromatic carbocycles. The lowest BCUT2D eigenvalue weighted by Crippen LogP contribution is -2.10. The fraction of sp³-hybridized carbons (Fsp3) is 0.222. The van der Waals surface area contributed by atoms with E-state index in [2.05, 4.69) is 15.3 Å². The van der Waals surface area contributed by atoms with Crippen LogP contribution < -0.4 is 0 Å². The van der Waals surface area contributed by atoms with Crippen LogP contribution in [0.4, 0.5) is 8.78 Å². The molecule has 0 bridgehead atoms. The summed E-state index contributed by atoms with van der Waals surface area (Å²) in [4.78, 5) is 0.251. The maximum atomic E-state index is 13.0. The minimum absolute atomic E-state index is 0.251. The SMILES string of the molecule is Cc1occc1-c1nn2c(C(F)(F)Cl)nnc2s1. The number of aromatic nitrogens is 4. The molecule has 5 nitrogen and oxygen atoms in total. The fourth-order valence-corrected chi connectivity index (χ4v) is 2.54. The van der Waals surface area contributed by atoms with Gasteiger partial charge in [0.2, 0.25) is 10.8 Å². The first-order valence-corrected chi connectivity index (χ1v) is 6.00. The van der Waals surface area contributed by atoms with Gasteiger partial charge in [0.1, 0.15) is 5.76 Å². The number of nitrogens with zero attached hydrogens (tertiary/aromatic N) is 4. The second kappa shape index (κ2) is 3.72. The monoisotopic (exact) mass is 290 g/mol. The van der Waals surface area contributed by atoms with Gasteiger partial charge in [0.05, 0.1) is 11.8 Å². The second-order valence-electron chi connectivity index (χ2n) is 3.51. The van der Waals surface area contributed by atoms with Crippen molar-refractivity contribution in [3.63, 3.8) is 0 Å². The van der Waals surface area contributed by atoms with E-state index in [1.807, 2.05) is 0 Å². The topological polar surface area (TPSA) is 56.2 Å². The summed E-state index contributed by atoms with van der Waals surface area (Å²) in [5.41, 5.74) is 0.731. The zero-order chi connectivity index (χ0) is 12.9. The standard InChI is InChI=1S/C9H5ClF2N4OS/c1-4-5(2-3-17-4)6-15-16-7(9(10,11)12)13-14-8(16)18-6/h2-3H,1H3. The molecular formula is C9H5ClF2N4OS. The average molecular weight is 291 g/mol. The van der Waals surface area contributed by atoms with E-state index in [1.54, 1.807) is 13.0 Å². The van der Waals surface area contributed by atoms with Gasteiger partial charge in [-0.15, -0.1) is 10.2 Å². The maximum absolute atomic E-state index is 13.0. The number of aryl methyl sites for hydroxylation is 1. The first-order valence-electron chi connectivity index (χ1n) is 4.81. The van der Waals surface area contributed by atoms with Gasteiger partial charge in [-0.2, -0.15) is 18.4 Å². The van der Waals surface area contributed by atoms with Crippen molar-refractivity contribution in [3.8, 4) is 10.6 Å². The number of halogens is 3. The molecule has 0 aliphatic carbocycles. The van der Waals surface area contributed by atoms with Gasteiger partial charge in [0.25, 0.3) is 0 Å². The van der Waals surface area contributed by atoms with Crippen LogP contribution in [-0.4, -0.2) is 19.8 Å². The van der Waals surface area contributed by atoms with Gasteiger partial charge in [0, 0.05) is 0 Å². The van der Waals surface area contributed by atoms with Crippen molar-refractivity contribution in [1.29, 1.82) is 0 Å². The summed E-state index contributed by atoms with van der Waals surface area (Å²) in [5, 5.41) is 7.89. The van der Waals surface area contributed by atoms with Crippen molar-refractivity contribution in [2.75, 3.05) is 0 Å².